The number of fused-ring (bicyclic) bond motifs is 4. The standard InChI is InChI=1S/C20H14FN3O/c21-14-7-5-12(6-8-14)13-9-17-15(19(25)10-13)11-24-18-4-2-1-3-16(18)22-20(24)23-17/h1-8,11,13H,9-10H2/t13-/m1/s1. The number of para-hydroxylation sites is 2. The van der Waals surface area contributed by atoms with Crippen LogP contribution in [0.5, 0.6) is 0 Å². The molecule has 1 aliphatic carbocycles. The Kier molecular flexibility index (Phi) is 2.98. The van der Waals surface area contributed by atoms with E-state index >= 15 is 0 Å². The second kappa shape index (κ2) is 5.21. The van der Waals surface area contributed by atoms with Gasteiger partial charge in [0.1, 0.15) is 5.82 Å². The number of ketones is 1. The molecule has 0 spiro atoms. The Hall–Kier alpha value is -3.08. The highest BCUT2D eigenvalue weighted by atomic mass is 19.1. The van der Waals surface area contributed by atoms with Gasteiger partial charge in [0.2, 0.25) is 5.78 Å². The van der Waals surface area contributed by atoms with Gasteiger partial charge in [0.25, 0.3) is 0 Å². The van der Waals surface area contributed by atoms with Crippen LogP contribution in [-0.2, 0) is 6.42 Å². The fourth-order valence-electron chi connectivity index (χ4n) is 3.62. The van der Waals surface area contributed by atoms with Gasteiger partial charge in [-0.25, -0.2) is 14.4 Å². The number of aromatic nitrogens is 3. The molecule has 1 aliphatic rings. The lowest BCUT2D eigenvalue weighted by Gasteiger charge is -2.23. The first-order valence-corrected chi connectivity index (χ1v) is 8.24. The van der Waals surface area contributed by atoms with Crippen molar-refractivity contribution in [3.63, 3.8) is 0 Å². The van der Waals surface area contributed by atoms with Crippen molar-refractivity contribution in [1.82, 2.24) is 14.4 Å². The number of hydrogen-bond acceptors (Lipinski definition) is 3. The zero-order valence-electron chi connectivity index (χ0n) is 13.3. The first-order chi connectivity index (χ1) is 12.2. The van der Waals surface area contributed by atoms with Gasteiger partial charge in [-0.3, -0.25) is 9.20 Å². The van der Waals surface area contributed by atoms with E-state index in [1.165, 1.54) is 12.1 Å². The average molecular weight is 331 g/mol. The molecule has 122 valence electrons. The highest BCUT2D eigenvalue weighted by Crippen LogP contribution is 2.32. The molecule has 0 saturated carbocycles. The Morgan fingerprint density at radius 3 is 2.64 bits per heavy atom. The first kappa shape index (κ1) is 14.3. The maximum atomic E-state index is 13.2. The van der Waals surface area contributed by atoms with Gasteiger partial charge in [0.15, 0.2) is 5.78 Å². The summed E-state index contributed by atoms with van der Waals surface area (Å²) >= 11 is 0. The Labute approximate surface area is 143 Å². The molecule has 0 amide bonds. The molecule has 1 atom stereocenters. The lowest BCUT2D eigenvalue weighted by atomic mass is 9.82. The summed E-state index contributed by atoms with van der Waals surface area (Å²) in [6, 6.07) is 14.2. The molecule has 0 saturated heterocycles. The number of rotatable bonds is 1. The van der Waals surface area contributed by atoms with Crippen LogP contribution in [0, 0.1) is 5.82 Å². The topological polar surface area (TPSA) is 47.3 Å². The SMILES string of the molecule is O=C1C[C@H](c2ccc(F)cc2)Cc2nc3nc4ccccc4n3cc21. The van der Waals surface area contributed by atoms with Crippen molar-refractivity contribution in [2.24, 2.45) is 0 Å². The first-order valence-electron chi connectivity index (χ1n) is 8.24. The summed E-state index contributed by atoms with van der Waals surface area (Å²) in [5.41, 5.74) is 4.21. The minimum absolute atomic E-state index is 0.0277. The lowest BCUT2D eigenvalue weighted by Crippen LogP contribution is -2.21. The van der Waals surface area contributed by atoms with Gasteiger partial charge in [-0.15, -0.1) is 0 Å². The van der Waals surface area contributed by atoms with Crippen LogP contribution < -0.4 is 0 Å². The molecule has 4 nitrogen and oxygen atoms in total. The highest BCUT2D eigenvalue weighted by Gasteiger charge is 2.28. The summed E-state index contributed by atoms with van der Waals surface area (Å²) in [6.45, 7) is 0. The molecule has 0 bridgehead atoms. The molecule has 2 heterocycles. The smallest absolute Gasteiger partial charge is 0.235 e. The largest absolute Gasteiger partial charge is 0.294 e. The molecule has 5 rings (SSSR count). The highest BCUT2D eigenvalue weighted by molar-refractivity contribution is 5.99. The number of halogens is 1. The summed E-state index contributed by atoms with van der Waals surface area (Å²) in [5.74, 6) is 0.436. The molecule has 0 unspecified atom stereocenters. The van der Waals surface area contributed by atoms with E-state index in [9.17, 15) is 9.18 Å². The Bertz CT molecular complexity index is 1130. The van der Waals surface area contributed by atoms with Gasteiger partial charge in [0, 0.05) is 12.6 Å². The molecular formula is C20H14FN3O. The molecule has 5 heteroatoms. The van der Waals surface area contributed by atoms with Crippen molar-refractivity contribution in [2.45, 2.75) is 18.8 Å². The van der Waals surface area contributed by atoms with Gasteiger partial charge in [-0.1, -0.05) is 24.3 Å². The third-order valence-corrected chi connectivity index (χ3v) is 4.89. The third-order valence-electron chi connectivity index (χ3n) is 4.89. The van der Waals surface area contributed by atoms with Gasteiger partial charge in [-0.2, -0.15) is 0 Å². The van der Waals surface area contributed by atoms with E-state index in [-0.39, 0.29) is 17.5 Å². The summed E-state index contributed by atoms with van der Waals surface area (Å²) < 4.78 is 15.0. The molecule has 0 fully saturated rings. The van der Waals surface area contributed by atoms with Crippen molar-refractivity contribution in [1.29, 1.82) is 0 Å². The van der Waals surface area contributed by atoms with Crippen molar-refractivity contribution in [2.75, 3.05) is 0 Å². The van der Waals surface area contributed by atoms with E-state index in [1.807, 2.05) is 34.9 Å². The van der Waals surface area contributed by atoms with Gasteiger partial charge >= 0.3 is 0 Å². The normalized spacial score (nSPS) is 17.2. The van der Waals surface area contributed by atoms with E-state index in [0.717, 1.165) is 22.3 Å². The summed E-state index contributed by atoms with van der Waals surface area (Å²) in [5, 5.41) is 0. The number of carbonyl (C=O) groups is 1. The van der Waals surface area contributed by atoms with E-state index in [0.29, 0.717) is 24.2 Å². The van der Waals surface area contributed by atoms with Crippen molar-refractivity contribution in [3.05, 3.63) is 77.4 Å². The van der Waals surface area contributed by atoms with Crippen LogP contribution in [0.15, 0.2) is 54.7 Å². The van der Waals surface area contributed by atoms with Gasteiger partial charge in [0.05, 0.1) is 22.3 Å². The number of Topliss-reactive ketones (excluding diaryl/α,β-unsaturated/α-hetero) is 1. The summed E-state index contributed by atoms with van der Waals surface area (Å²) in [6.07, 6.45) is 2.93. The van der Waals surface area contributed by atoms with Crippen molar-refractivity contribution < 1.29 is 9.18 Å². The van der Waals surface area contributed by atoms with Crippen LogP contribution in [-0.4, -0.2) is 20.2 Å². The number of benzene rings is 2. The monoisotopic (exact) mass is 331 g/mol. The zero-order valence-corrected chi connectivity index (χ0v) is 13.3. The van der Waals surface area contributed by atoms with E-state index in [2.05, 4.69) is 9.97 Å². The predicted molar refractivity (Wildman–Crippen MR) is 92.3 cm³/mol. The van der Waals surface area contributed by atoms with Crippen molar-refractivity contribution in [3.8, 4) is 0 Å². The number of nitrogens with zero attached hydrogens (tertiary/aromatic N) is 3. The number of carbonyl (C=O) groups excluding carboxylic acids is 1. The van der Waals surface area contributed by atoms with E-state index in [4.69, 9.17) is 0 Å². The van der Waals surface area contributed by atoms with Crippen LogP contribution in [0.1, 0.15) is 34.0 Å². The zero-order chi connectivity index (χ0) is 17.0. The maximum Gasteiger partial charge on any atom is 0.235 e. The van der Waals surface area contributed by atoms with Gasteiger partial charge in [-0.05, 0) is 42.2 Å². The maximum absolute atomic E-state index is 13.2. The molecule has 4 aromatic rings. The molecule has 0 radical (unpaired) electrons. The second-order valence-corrected chi connectivity index (χ2v) is 6.45. The summed E-state index contributed by atoms with van der Waals surface area (Å²) in [7, 11) is 0. The average Bonchev–Trinajstić information content (AvgIpc) is 2.98. The fraction of sp³-hybridized carbons (Fsp3) is 0.150. The minimum Gasteiger partial charge on any atom is -0.294 e. The van der Waals surface area contributed by atoms with Crippen LogP contribution in [0.2, 0.25) is 0 Å². The third kappa shape index (κ3) is 2.23. The minimum atomic E-state index is -0.268. The second-order valence-electron chi connectivity index (χ2n) is 6.45. The van der Waals surface area contributed by atoms with E-state index < -0.39 is 0 Å². The summed E-state index contributed by atoms with van der Waals surface area (Å²) in [4.78, 5) is 21.9. The van der Waals surface area contributed by atoms with Crippen LogP contribution in [0.25, 0.3) is 16.8 Å². The fourth-order valence-corrected chi connectivity index (χ4v) is 3.62. The Balaban J connectivity index is 1.63. The predicted octanol–water partition coefficient (Wildman–Crippen LogP) is 3.93. The number of imidazole rings is 1. The van der Waals surface area contributed by atoms with Gasteiger partial charge < -0.3 is 0 Å². The number of hydrogen-bond donors (Lipinski definition) is 0. The quantitative estimate of drug-likeness (QED) is 0.531. The molecular weight excluding hydrogens is 317 g/mol. The van der Waals surface area contributed by atoms with E-state index in [1.54, 1.807) is 12.1 Å². The Morgan fingerprint density at radius 2 is 1.80 bits per heavy atom. The lowest BCUT2D eigenvalue weighted by molar-refractivity contribution is 0.0962. The molecule has 2 aromatic carbocycles. The van der Waals surface area contributed by atoms with Crippen LogP contribution in [0.4, 0.5) is 4.39 Å². The van der Waals surface area contributed by atoms with Crippen LogP contribution in [0.3, 0.4) is 0 Å². The van der Waals surface area contributed by atoms with Crippen LogP contribution >= 0.6 is 0 Å². The molecule has 0 N–H and O–H groups in total. The Morgan fingerprint density at radius 1 is 1.00 bits per heavy atom. The molecule has 2 aromatic heterocycles. The molecule has 25 heavy (non-hydrogen) atoms. The van der Waals surface area contributed by atoms with Crippen molar-refractivity contribution >= 4 is 22.6 Å². The molecule has 0 aliphatic heterocycles.